The Morgan fingerprint density at radius 2 is 1.72 bits per heavy atom. The van der Waals surface area contributed by atoms with Gasteiger partial charge >= 0.3 is 0 Å². The van der Waals surface area contributed by atoms with Crippen LogP contribution in [0.25, 0.3) is 0 Å². The third-order valence-corrected chi connectivity index (χ3v) is 3.14. The molecule has 2 N–H and O–H groups in total. The van der Waals surface area contributed by atoms with E-state index in [2.05, 4.69) is 24.5 Å². The van der Waals surface area contributed by atoms with Crippen molar-refractivity contribution in [2.75, 3.05) is 11.1 Å². The maximum Gasteiger partial charge on any atom is 0.230 e. The number of thioether (sulfide) groups is 1. The SMILES string of the molecule is CC(C)NC(=O)CSc1ccc(NC(C)C)cc1. The van der Waals surface area contributed by atoms with Crippen molar-refractivity contribution in [2.24, 2.45) is 0 Å². The summed E-state index contributed by atoms with van der Waals surface area (Å²) in [6, 6.07) is 8.80. The summed E-state index contributed by atoms with van der Waals surface area (Å²) in [4.78, 5) is 12.6. The second kappa shape index (κ2) is 7.31. The van der Waals surface area contributed by atoms with Crippen LogP contribution in [0.15, 0.2) is 29.2 Å². The molecule has 0 fully saturated rings. The van der Waals surface area contributed by atoms with Gasteiger partial charge in [-0.25, -0.2) is 0 Å². The minimum absolute atomic E-state index is 0.0828. The van der Waals surface area contributed by atoms with Crippen LogP contribution in [-0.2, 0) is 4.79 Å². The van der Waals surface area contributed by atoms with Crippen LogP contribution in [0.3, 0.4) is 0 Å². The lowest BCUT2D eigenvalue weighted by Gasteiger charge is -2.10. The topological polar surface area (TPSA) is 41.1 Å². The summed E-state index contributed by atoms with van der Waals surface area (Å²) >= 11 is 1.56. The Kier molecular flexibility index (Phi) is 6.05. The molecule has 1 aromatic rings. The number of anilines is 1. The number of hydrogen-bond acceptors (Lipinski definition) is 3. The second-order valence-electron chi connectivity index (χ2n) is 4.83. The third kappa shape index (κ3) is 5.96. The van der Waals surface area contributed by atoms with Gasteiger partial charge < -0.3 is 10.6 Å². The highest BCUT2D eigenvalue weighted by molar-refractivity contribution is 8.00. The molecule has 100 valence electrons. The maximum absolute atomic E-state index is 11.5. The first-order valence-electron chi connectivity index (χ1n) is 6.26. The summed E-state index contributed by atoms with van der Waals surface area (Å²) in [7, 11) is 0. The van der Waals surface area contributed by atoms with Gasteiger partial charge in [-0.1, -0.05) is 0 Å². The number of rotatable bonds is 6. The van der Waals surface area contributed by atoms with Gasteiger partial charge in [0.15, 0.2) is 0 Å². The Hall–Kier alpha value is -1.16. The molecule has 0 saturated heterocycles. The largest absolute Gasteiger partial charge is 0.383 e. The van der Waals surface area contributed by atoms with Crippen LogP contribution in [0.1, 0.15) is 27.7 Å². The van der Waals surface area contributed by atoms with Gasteiger partial charge in [0.05, 0.1) is 5.75 Å². The van der Waals surface area contributed by atoms with Gasteiger partial charge in [0, 0.05) is 22.7 Å². The van der Waals surface area contributed by atoms with Gasteiger partial charge in [-0.15, -0.1) is 11.8 Å². The summed E-state index contributed by atoms with van der Waals surface area (Å²) < 4.78 is 0. The van der Waals surface area contributed by atoms with E-state index in [-0.39, 0.29) is 11.9 Å². The van der Waals surface area contributed by atoms with Crippen LogP contribution < -0.4 is 10.6 Å². The number of nitrogens with one attached hydrogen (secondary N) is 2. The molecule has 1 amide bonds. The lowest BCUT2D eigenvalue weighted by Crippen LogP contribution is -2.31. The minimum Gasteiger partial charge on any atom is -0.383 e. The van der Waals surface area contributed by atoms with Crippen molar-refractivity contribution < 1.29 is 4.79 Å². The van der Waals surface area contributed by atoms with E-state index < -0.39 is 0 Å². The van der Waals surface area contributed by atoms with Crippen molar-refractivity contribution >= 4 is 23.4 Å². The third-order valence-electron chi connectivity index (χ3n) is 2.13. The molecular weight excluding hydrogens is 244 g/mol. The van der Waals surface area contributed by atoms with Crippen LogP contribution in [0.2, 0.25) is 0 Å². The normalized spacial score (nSPS) is 10.8. The summed E-state index contributed by atoms with van der Waals surface area (Å²) in [5, 5.41) is 6.21. The lowest BCUT2D eigenvalue weighted by atomic mass is 10.3. The van der Waals surface area contributed by atoms with Crippen molar-refractivity contribution in [3.8, 4) is 0 Å². The van der Waals surface area contributed by atoms with Crippen molar-refractivity contribution in [1.29, 1.82) is 0 Å². The summed E-state index contributed by atoms with van der Waals surface area (Å²) in [5.41, 5.74) is 1.11. The van der Waals surface area contributed by atoms with E-state index >= 15 is 0 Å². The molecular formula is C14H22N2OS. The zero-order valence-corrected chi connectivity index (χ0v) is 12.3. The van der Waals surface area contributed by atoms with Crippen LogP contribution in [0, 0.1) is 0 Å². The van der Waals surface area contributed by atoms with E-state index in [1.165, 1.54) is 0 Å². The standard InChI is InChI=1S/C14H22N2OS/c1-10(2)15-12-5-7-13(8-6-12)18-9-14(17)16-11(3)4/h5-8,10-11,15H,9H2,1-4H3,(H,16,17). The van der Waals surface area contributed by atoms with Gasteiger partial charge in [-0.05, 0) is 52.0 Å². The Morgan fingerprint density at radius 3 is 2.22 bits per heavy atom. The van der Waals surface area contributed by atoms with Gasteiger partial charge in [-0.2, -0.15) is 0 Å². The molecule has 0 aliphatic rings. The fourth-order valence-electron chi connectivity index (χ4n) is 1.49. The molecule has 0 saturated carbocycles. The van der Waals surface area contributed by atoms with Gasteiger partial charge in [0.1, 0.15) is 0 Å². The quantitative estimate of drug-likeness (QED) is 0.777. The highest BCUT2D eigenvalue weighted by Gasteiger charge is 2.04. The fourth-order valence-corrected chi connectivity index (χ4v) is 2.20. The highest BCUT2D eigenvalue weighted by Crippen LogP contribution is 2.20. The monoisotopic (exact) mass is 266 g/mol. The average molecular weight is 266 g/mol. The van der Waals surface area contributed by atoms with Crippen LogP contribution in [-0.4, -0.2) is 23.7 Å². The molecule has 18 heavy (non-hydrogen) atoms. The molecule has 0 unspecified atom stereocenters. The molecule has 0 aliphatic heterocycles. The molecule has 0 aromatic heterocycles. The smallest absolute Gasteiger partial charge is 0.230 e. The predicted octanol–water partition coefficient (Wildman–Crippen LogP) is 3.12. The van der Waals surface area contributed by atoms with E-state index in [4.69, 9.17) is 0 Å². The number of amides is 1. The molecule has 4 heteroatoms. The number of benzene rings is 1. The molecule has 0 heterocycles. The molecule has 0 bridgehead atoms. The van der Waals surface area contributed by atoms with Crippen molar-refractivity contribution in [3.63, 3.8) is 0 Å². The molecule has 3 nitrogen and oxygen atoms in total. The molecule has 0 radical (unpaired) electrons. The summed E-state index contributed by atoms with van der Waals surface area (Å²) in [6.07, 6.45) is 0. The Morgan fingerprint density at radius 1 is 1.11 bits per heavy atom. The first-order chi connectivity index (χ1) is 8.47. The van der Waals surface area contributed by atoms with E-state index in [0.717, 1.165) is 10.6 Å². The average Bonchev–Trinajstić information content (AvgIpc) is 2.26. The Bertz CT molecular complexity index is 374. The molecule has 1 aromatic carbocycles. The Balaban J connectivity index is 2.41. The van der Waals surface area contributed by atoms with Gasteiger partial charge in [0.25, 0.3) is 0 Å². The van der Waals surface area contributed by atoms with Crippen LogP contribution in [0.4, 0.5) is 5.69 Å². The lowest BCUT2D eigenvalue weighted by molar-refractivity contribution is -0.119. The number of carbonyl (C=O) groups is 1. The van der Waals surface area contributed by atoms with E-state index in [1.807, 2.05) is 38.1 Å². The predicted molar refractivity (Wildman–Crippen MR) is 79.2 cm³/mol. The van der Waals surface area contributed by atoms with Gasteiger partial charge in [0.2, 0.25) is 5.91 Å². The maximum atomic E-state index is 11.5. The van der Waals surface area contributed by atoms with E-state index in [9.17, 15) is 4.79 Å². The van der Waals surface area contributed by atoms with Crippen molar-refractivity contribution in [3.05, 3.63) is 24.3 Å². The first-order valence-corrected chi connectivity index (χ1v) is 7.24. The van der Waals surface area contributed by atoms with Crippen molar-refractivity contribution in [2.45, 2.75) is 44.7 Å². The number of hydrogen-bond donors (Lipinski definition) is 2. The summed E-state index contributed by atoms with van der Waals surface area (Å²) in [6.45, 7) is 8.15. The zero-order chi connectivity index (χ0) is 13.5. The fraction of sp³-hybridized carbons (Fsp3) is 0.500. The molecule has 1 rings (SSSR count). The second-order valence-corrected chi connectivity index (χ2v) is 5.88. The molecule has 0 atom stereocenters. The highest BCUT2D eigenvalue weighted by atomic mass is 32.2. The van der Waals surface area contributed by atoms with E-state index in [1.54, 1.807) is 11.8 Å². The van der Waals surface area contributed by atoms with Crippen LogP contribution in [0.5, 0.6) is 0 Å². The summed E-state index contributed by atoms with van der Waals surface area (Å²) in [5.74, 6) is 0.550. The van der Waals surface area contributed by atoms with Gasteiger partial charge in [-0.3, -0.25) is 4.79 Å². The number of carbonyl (C=O) groups excluding carboxylic acids is 1. The van der Waals surface area contributed by atoms with E-state index in [0.29, 0.717) is 11.8 Å². The zero-order valence-electron chi connectivity index (χ0n) is 11.5. The Labute approximate surface area is 114 Å². The molecule has 0 spiro atoms. The molecule has 0 aliphatic carbocycles. The van der Waals surface area contributed by atoms with Crippen LogP contribution >= 0.6 is 11.8 Å². The first kappa shape index (κ1) is 14.9. The minimum atomic E-state index is 0.0828. The van der Waals surface area contributed by atoms with Crippen molar-refractivity contribution in [1.82, 2.24) is 5.32 Å².